The Morgan fingerprint density at radius 1 is 1.21 bits per heavy atom. The highest BCUT2D eigenvalue weighted by Crippen LogP contribution is 2.49. The van der Waals surface area contributed by atoms with E-state index in [-0.39, 0.29) is 28.8 Å². The van der Waals surface area contributed by atoms with E-state index in [1.165, 1.54) is 22.9 Å². The molecular weight excluding hydrogens is 425 g/mol. The van der Waals surface area contributed by atoms with Crippen LogP contribution in [0, 0.1) is 17.7 Å². The molecule has 2 aromatic heterocycles. The molecule has 2 fully saturated rings. The molecule has 0 unspecified atom stereocenters. The number of ether oxygens (including phenoxy) is 1. The summed E-state index contributed by atoms with van der Waals surface area (Å²) in [4.78, 5) is 37.7. The average molecular weight is 449 g/mol. The van der Waals surface area contributed by atoms with Crippen molar-refractivity contribution in [3.05, 3.63) is 70.5 Å². The van der Waals surface area contributed by atoms with E-state index >= 15 is 0 Å². The zero-order valence-corrected chi connectivity index (χ0v) is 18.6. The number of aromatic nitrogens is 3. The average Bonchev–Trinajstić information content (AvgIpc) is 3.33. The van der Waals surface area contributed by atoms with Crippen molar-refractivity contribution in [1.29, 1.82) is 0 Å². The largest absolute Gasteiger partial charge is 0.497 e. The predicted molar refractivity (Wildman–Crippen MR) is 121 cm³/mol. The van der Waals surface area contributed by atoms with Crippen LogP contribution in [0.1, 0.15) is 10.4 Å². The van der Waals surface area contributed by atoms with Gasteiger partial charge in [0.2, 0.25) is 5.95 Å². The Bertz CT molecular complexity index is 1280. The van der Waals surface area contributed by atoms with Crippen molar-refractivity contribution < 1.29 is 13.9 Å². The van der Waals surface area contributed by atoms with E-state index in [4.69, 9.17) is 4.74 Å². The molecule has 3 heterocycles. The number of amides is 1. The van der Waals surface area contributed by atoms with Crippen LogP contribution in [-0.4, -0.2) is 58.6 Å². The van der Waals surface area contributed by atoms with Crippen LogP contribution in [0.25, 0.3) is 11.3 Å². The standard InChI is InChI=1S/C24H24FN5O3/c1-28-21(31)10-20(16-7-8-26-11-19(16)25)27-24(28)29(2)22-17-12-30(13-18(17)22)23(32)14-5-4-6-15(9-14)33-3/h4-11,17-18,22H,12-13H2,1-3H3/t17-,18+,22-. The number of fused-ring (bicyclic) bond motifs is 1. The number of piperidine rings is 1. The summed E-state index contributed by atoms with van der Waals surface area (Å²) in [5.41, 5.74) is 0.860. The summed E-state index contributed by atoms with van der Waals surface area (Å²) in [6.45, 7) is 1.28. The van der Waals surface area contributed by atoms with Crippen LogP contribution in [0.15, 0.2) is 53.6 Å². The second-order valence-electron chi connectivity index (χ2n) is 8.57. The molecule has 1 amide bonds. The van der Waals surface area contributed by atoms with Crippen LogP contribution in [0.5, 0.6) is 5.75 Å². The molecule has 5 rings (SSSR count). The van der Waals surface area contributed by atoms with Crippen molar-refractivity contribution in [3.63, 3.8) is 0 Å². The first-order chi connectivity index (χ1) is 15.9. The molecule has 170 valence electrons. The van der Waals surface area contributed by atoms with Gasteiger partial charge >= 0.3 is 0 Å². The molecule has 1 aliphatic heterocycles. The number of benzene rings is 1. The quantitative estimate of drug-likeness (QED) is 0.594. The van der Waals surface area contributed by atoms with Gasteiger partial charge in [-0.05, 0) is 24.3 Å². The van der Waals surface area contributed by atoms with E-state index in [9.17, 15) is 14.0 Å². The Morgan fingerprint density at radius 2 is 1.97 bits per heavy atom. The monoisotopic (exact) mass is 449 g/mol. The third-order valence-corrected chi connectivity index (χ3v) is 6.68. The van der Waals surface area contributed by atoms with Gasteiger partial charge in [0.15, 0.2) is 5.82 Å². The van der Waals surface area contributed by atoms with Crippen LogP contribution >= 0.6 is 0 Å². The van der Waals surface area contributed by atoms with E-state index < -0.39 is 5.82 Å². The number of carbonyl (C=O) groups is 1. The van der Waals surface area contributed by atoms with Crippen LogP contribution < -0.4 is 15.2 Å². The number of pyridine rings is 1. The molecule has 1 saturated carbocycles. The molecule has 8 nitrogen and oxygen atoms in total. The lowest BCUT2D eigenvalue weighted by atomic mass is 10.2. The highest BCUT2D eigenvalue weighted by atomic mass is 19.1. The number of nitrogens with zero attached hydrogens (tertiary/aromatic N) is 5. The lowest BCUT2D eigenvalue weighted by Crippen LogP contribution is -2.38. The number of hydrogen-bond donors (Lipinski definition) is 0. The van der Waals surface area contributed by atoms with Gasteiger partial charge in [-0.25, -0.2) is 9.37 Å². The van der Waals surface area contributed by atoms with E-state index in [1.54, 1.807) is 26.3 Å². The molecule has 1 saturated heterocycles. The van der Waals surface area contributed by atoms with Crippen molar-refractivity contribution in [2.75, 3.05) is 32.1 Å². The van der Waals surface area contributed by atoms with Crippen LogP contribution in [0.2, 0.25) is 0 Å². The predicted octanol–water partition coefficient (Wildman–Crippen LogP) is 2.20. The topological polar surface area (TPSA) is 80.6 Å². The number of rotatable bonds is 5. The molecule has 3 aromatic rings. The zero-order valence-electron chi connectivity index (χ0n) is 18.6. The van der Waals surface area contributed by atoms with Crippen LogP contribution in [0.3, 0.4) is 0 Å². The molecule has 33 heavy (non-hydrogen) atoms. The van der Waals surface area contributed by atoms with E-state index in [0.717, 1.165) is 6.20 Å². The zero-order chi connectivity index (χ0) is 23.3. The fraction of sp³-hybridized carbons (Fsp3) is 0.333. The number of hydrogen-bond acceptors (Lipinski definition) is 6. The molecule has 0 radical (unpaired) electrons. The second-order valence-corrected chi connectivity index (χ2v) is 8.57. The molecule has 0 bridgehead atoms. The van der Waals surface area contributed by atoms with Crippen molar-refractivity contribution in [2.45, 2.75) is 6.04 Å². The van der Waals surface area contributed by atoms with Gasteiger partial charge in [-0.15, -0.1) is 0 Å². The molecule has 1 aliphatic carbocycles. The maximum atomic E-state index is 14.2. The van der Waals surface area contributed by atoms with Gasteiger partial charge in [0.25, 0.3) is 11.5 Å². The Hall–Kier alpha value is -3.75. The Kier molecular flexibility index (Phi) is 5.11. The summed E-state index contributed by atoms with van der Waals surface area (Å²) >= 11 is 0. The number of likely N-dealkylation sites (tertiary alicyclic amines) is 1. The van der Waals surface area contributed by atoms with Crippen molar-refractivity contribution in [2.24, 2.45) is 18.9 Å². The molecule has 9 heteroatoms. The third-order valence-electron chi connectivity index (χ3n) is 6.68. The van der Waals surface area contributed by atoms with Gasteiger partial charge in [-0.1, -0.05) is 6.07 Å². The van der Waals surface area contributed by atoms with Crippen molar-refractivity contribution >= 4 is 11.9 Å². The van der Waals surface area contributed by atoms with Crippen molar-refractivity contribution in [3.8, 4) is 17.0 Å². The number of anilines is 1. The van der Waals surface area contributed by atoms with Crippen LogP contribution in [0.4, 0.5) is 10.3 Å². The SMILES string of the molecule is COc1cccc(C(=O)N2C[C@@H]3[C@H](C2)[C@@H]3N(C)c2nc(-c3ccncc3F)cc(=O)n2C)c1. The summed E-state index contributed by atoms with van der Waals surface area (Å²) in [5.74, 6) is 1.18. The maximum Gasteiger partial charge on any atom is 0.255 e. The summed E-state index contributed by atoms with van der Waals surface area (Å²) in [6, 6.07) is 10.2. The molecule has 1 aromatic carbocycles. The lowest BCUT2D eigenvalue weighted by Gasteiger charge is -2.26. The second kappa shape index (κ2) is 7.99. The number of methoxy groups -OCH3 is 1. The third kappa shape index (κ3) is 3.63. The normalized spacial score (nSPS) is 21.0. The highest BCUT2D eigenvalue weighted by molar-refractivity contribution is 5.95. The van der Waals surface area contributed by atoms with Crippen LogP contribution in [-0.2, 0) is 7.05 Å². The lowest BCUT2D eigenvalue weighted by molar-refractivity contribution is 0.0772. The first-order valence-corrected chi connectivity index (χ1v) is 10.7. The van der Waals surface area contributed by atoms with E-state index in [0.29, 0.717) is 42.2 Å². The number of halogens is 1. The molecule has 0 spiro atoms. The Labute approximate surface area is 190 Å². The molecule has 0 N–H and O–H groups in total. The first-order valence-electron chi connectivity index (χ1n) is 10.7. The van der Waals surface area contributed by atoms with Gasteiger partial charge in [0.05, 0.1) is 19.0 Å². The minimum Gasteiger partial charge on any atom is -0.497 e. The van der Waals surface area contributed by atoms with Gasteiger partial charge in [-0.3, -0.25) is 19.1 Å². The molecular formula is C24H24FN5O3. The Balaban J connectivity index is 1.34. The summed E-state index contributed by atoms with van der Waals surface area (Å²) in [5, 5.41) is 0. The van der Waals surface area contributed by atoms with E-state index in [1.807, 2.05) is 29.0 Å². The van der Waals surface area contributed by atoms with E-state index in [2.05, 4.69) is 9.97 Å². The minimum atomic E-state index is -0.526. The fourth-order valence-electron chi connectivity index (χ4n) is 4.87. The maximum absolute atomic E-state index is 14.2. The summed E-state index contributed by atoms with van der Waals surface area (Å²) < 4.78 is 20.9. The smallest absolute Gasteiger partial charge is 0.255 e. The summed E-state index contributed by atoms with van der Waals surface area (Å²) in [7, 11) is 5.13. The van der Waals surface area contributed by atoms with Crippen molar-refractivity contribution in [1.82, 2.24) is 19.4 Å². The highest BCUT2D eigenvalue weighted by Gasteiger charge is 2.59. The Morgan fingerprint density at radius 3 is 2.67 bits per heavy atom. The molecule has 3 atom stereocenters. The van der Waals surface area contributed by atoms with Gasteiger partial charge in [-0.2, -0.15) is 0 Å². The van der Waals surface area contributed by atoms with Gasteiger partial charge < -0.3 is 14.5 Å². The first kappa shape index (κ1) is 21.1. The fourth-order valence-corrected chi connectivity index (χ4v) is 4.87. The minimum absolute atomic E-state index is 0.0109. The van der Waals surface area contributed by atoms with Gasteiger partial charge in [0.1, 0.15) is 5.75 Å². The van der Waals surface area contributed by atoms with Gasteiger partial charge in [0, 0.05) is 68.5 Å². The summed E-state index contributed by atoms with van der Waals surface area (Å²) in [6.07, 6.45) is 2.58. The number of carbonyl (C=O) groups excluding carboxylic acids is 1. The molecule has 2 aliphatic rings.